The van der Waals surface area contributed by atoms with Gasteiger partial charge in [0.05, 0.1) is 55.3 Å². The van der Waals surface area contributed by atoms with Gasteiger partial charge in [-0.2, -0.15) is 0 Å². The van der Waals surface area contributed by atoms with E-state index in [-0.39, 0.29) is 83.8 Å². The normalized spacial score (nSPS) is 10.5. The van der Waals surface area contributed by atoms with Crippen LogP contribution in [0, 0.1) is 0 Å². The largest absolute Gasteiger partial charge is 0.496 e. The van der Waals surface area contributed by atoms with Crippen molar-refractivity contribution < 1.29 is 57.1 Å². The molecule has 0 bridgehead atoms. The zero-order valence-electron chi connectivity index (χ0n) is 33.3. The molecule has 0 aliphatic rings. The molecule has 0 fully saturated rings. The average Bonchev–Trinajstić information content (AvgIpc) is 3.26. The third-order valence-electron chi connectivity index (χ3n) is 8.87. The Morgan fingerprint density at radius 1 is 0.397 bits per heavy atom. The van der Waals surface area contributed by atoms with Crippen LogP contribution in [0.2, 0.25) is 20.1 Å². The van der Waals surface area contributed by atoms with E-state index in [1.165, 1.54) is 138 Å². The van der Waals surface area contributed by atoms with Crippen molar-refractivity contribution in [2.24, 2.45) is 0 Å². The van der Waals surface area contributed by atoms with E-state index < -0.39 is 29.7 Å². The van der Waals surface area contributed by atoms with Crippen LogP contribution in [0.1, 0.15) is 51.8 Å². The lowest BCUT2D eigenvalue weighted by atomic mass is 10.1. The van der Waals surface area contributed by atoms with Crippen molar-refractivity contribution in [2.75, 3.05) is 39.1 Å². The SMILES string of the molecule is COc1cc(OC(=O)c2ccc(OC(=O)c3ccc(OC(=O)c4ccc(NC(=O)c5ccc(Cl)cc5Cl)cc4OC)cc3OC)cc2OC)ccc1NC(=O)c1ccc(Cl)cc1Cl. The molecule has 0 saturated carbocycles. The monoisotopic (exact) mass is 932 g/mol. The van der Waals surface area contributed by atoms with Crippen molar-refractivity contribution in [3.05, 3.63) is 157 Å². The maximum absolute atomic E-state index is 13.3. The van der Waals surface area contributed by atoms with Gasteiger partial charge in [0, 0.05) is 40.0 Å². The number of carbonyl (C=O) groups excluding carboxylic acids is 5. The molecule has 14 nitrogen and oxygen atoms in total. The first-order valence-electron chi connectivity index (χ1n) is 18.1. The number of carbonyl (C=O) groups is 5. The van der Waals surface area contributed by atoms with Gasteiger partial charge in [0.25, 0.3) is 11.8 Å². The van der Waals surface area contributed by atoms with E-state index in [2.05, 4.69) is 10.6 Å². The van der Waals surface area contributed by atoms with Crippen LogP contribution in [0.25, 0.3) is 0 Å². The van der Waals surface area contributed by atoms with Gasteiger partial charge in [0.1, 0.15) is 56.9 Å². The Bertz CT molecular complexity index is 2780. The third-order valence-corrected chi connectivity index (χ3v) is 9.97. The maximum atomic E-state index is 13.3. The number of amides is 2. The predicted octanol–water partition coefficient (Wildman–Crippen LogP) is 10.5. The van der Waals surface area contributed by atoms with Crippen LogP contribution in [0.5, 0.6) is 40.2 Å². The summed E-state index contributed by atoms with van der Waals surface area (Å²) in [4.78, 5) is 65.5. The minimum Gasteiger partial charge on any atom is -0.496 e. The zero-order chi connectivity index (χ0) is 45.4. The quantitative estimate of drug-likeness (QED) is 0.0783. The molecule has 0 spiro atoms. The average molecular weight is 935 g/mol. The predicted molar refractivity (Wildman–Crippen MR) is 236 cm³/mol. The molecule has 0 aliphatic carbocycles. The number of nitrogens with one attached hydrogen (secondary N) is 2. The van der Waals surface area contributed by atoms with Crippen molar-refractivity contribution in [2.45, 2.75) is 0 Å². The second-order valence-corrected chi connectivity index (χ2v) is 14.5. The molecular weight excluding hydrogens is 902 g/mol. The summed E-state index contributed by atoms with van der Waals surface area (Å²) in [5.41, 5.74) is 0.964. The Morgan fingerprint density at radius 3 is 1.19 bits per heavy atom. The molecular formula is C45H32Cl4N2O12. The molecule has 0 aromatic heterocycles. The number of benzene rings is 6. The standard InChI is InChI=1S/C45H32Cl4N2O12/c1-57-37-19-25(50-41(52)29-11-5-23(46)17-34(29)48)7-13-31(37)43(54)61-26-8-14-32(38(20-26)58-2)44(55)62-27-9-15-33(39(21-27)59-3)45(56)63-28-10-16-36(40(22-28)60-4)51-42(53)30-12-6-24(47)18-35(30)49/h5-22H,1-4H3,(H,50,52)(H,51,53). The molecule has 0 aliphatic heterocycles. The first-order chi connectivity index (χ1) is 30.2. The summed E-state index contributed by atoms with van der Waals surface area (Å²) in [6, 6.07) is 25.6. The highest BCUT2D eigenvalue weighted by atomic mass is 35.5. The Balaban J connectivity index is 1.09. The van der Waals surface area contributed by atoms with Gasteiger partial charge in [-0.25, -0.2) is 14.4 Å². The molecule has 6 aromatic carbocycles. The molecule has 0 heterocycles. The third kappa shape index (κ3) is 10.9. The van der Waals surface area contributed by atoms with Crippen LogP contribution in [0.15, 0.2) is 109 Å². The van der Waals surface area contributed by atoms with Crippen LogP contribution in [0.4, 0.5) is 11.4 Å². The Labute approximate surface area is 379 Å². The molecule has 2 amide bonds. The number of rotatable bonds is 14. The lowest BCUT2D eigenvalue weighted by molar-refractivity contribution is 0.0721. The second-order valence-electron chi connectivity index (χ2n) is 12.8. The van der Waals surface area contributed by atoms with Crippen LogP contribution in [0.3, 0.4) is 0 Å². The molecule has 63 heavy (non-hydrogen) atoms. The summed E-state index contributed by atoms with van der Waals surface area (Å²) in [7, 11) is 5.34. The van der Waals surface area contributed by atoms with Crippen molar-refractivity contribution in [1.82, 2.24) is 0 Å². The van der Waals surface area contributed by atoms with Gasteiger partial charge >= 0.3 is 17.9 Å². The fraction of sp³-hybridized carbons (Fsp3) is 0.0889. The Morgan fingerprint density at radius 2 is 0.762 bits per heavy atom. The zero-order valence-corrected chi connectivity index (χ0v) is 36.3. The minimum absolute atomic E-state index is 0.00588. The van der Waals surface area contributed by atoms with Gasteiger partial charge in [-0.1, -0.05) is 46.4 Å². The summed E-state index contributed by atoms with van der Waals surface area (Å²) < 4.78 is 38.3. The number of esters is 3. The highest BCUT2D eigenvalue weighted by molar-refractivity contribution is 6.38. The van der Waals surface area contributed by atoms with Crippen molar-refractivity contribution >= 4 is 87.5 Å². The molecule has 0 saturated heterocycles. The highest BCUT2D eigenvalue weighted by Crippen LogP contribution is 2.34. The number of anilines is 2. The topological polar surface area (TPSA) is 174 Å². The first kappa shape index (κ1) is 45.6. The van der Waals surface area contributed by atoms with Gasteiger partial charge < -0.3 is 43.8 Å². The van der Waals surface area contributed by atoms with E-state index >= 15 is 0 Å². The van der Waals surface area contributed by atoms with E-state index in [9.17, 15) is 24.0 Å². The first-order valence-corrected chi connectivity index (χ1v) is 19.6. The molecule has 6 aromatic rings. The fourth-order valence-electron chi connectivity index (χ4n) is 5.80. The number of ether oxygens (including phenoxy) is 7. The van der Waals surface area contributed by atoms with E-state index in [1.54, 1.807) is 0 Å². The van der Waals surface area contributed by atoms with Gasteiger partial charge in [-0.15, -0.1) is 0 Å². The molecule has 0 atom stereocenters. The van der Waals surface area contributed by atoms with E-state index in [4.69, 9.17) is 79.6 Å². The van der Waals surface area contributed by atoms with Crippen molar-refractivity contribution in [1.29, 1.82) is 0 Å². The van der Waals surface area contributed by atoms with Gasteiger partial charge in [-0.3, -0.25) is 9.59 Å². The lowest BCUT2D eigenvalue weighted by Crippen LogP contribution is -2.14. The molecule has 322 valence electrons. The Hall–Kier alpha value is -6.97. The van der Waals surface area contributed by atoms with Gasteiger partial charge in [0.15, 0.2) is 0 Å². The van der Waals surface area contributed by atoms with E-state index in [1.807, 2.05) is 0 Å². The minimum atomic E-state index is -0.848. The maximum Gasteiger partial charge on any atom is 0.347 e. The highest BCUT2D eigenvalue weighted by Gasteiger charge is 2.23. The molecule has 0 radical (unpaired) electrons. The number of halogens is 4. The molecule has 6 rings (SSSR count). The molecule has 0 unspecified atom stereocenters. The van der Waals surface area contributed by atoms with Gasteiger partial charge in [0.2, 0.25) is 0 Å². The van der Waals surface area contributed by atoms with Crippen LogP contribution in [-0.4, -0.2) is 58.2 Å². The number of hydrogen-bond acceptors (Lipinski definition) is 12. The second kappa shape index (κ2) is 20.3. The van der Waals surface area contributed by atoms with E-state index in [0.29, 0.717) is 15.7 Å². The molecule has 2 N–H and O–H groups in total. The smallest absolute Gasteiger partial charge is 0.347 e. The fourth-order valence-corrected chi connectivity index (χ4v) is 6.79. The number of hydrogen-bond donors (Lipinski definition) is 2. The van der Waals surface area contributed by atoms with Crippen LogP contribution < -0.4 is 43.8 Å². The summed E-state index contributed by atoms with van der Waals surface area (Å²) >= 11 is 24.2. The van der Waals surface area contributed by atoms with Crippen molar-refractivity contribution in [3.8, 4) is 40.2 Å². The summed E-state index contributed by atoms with van der Waals surface area (Å²) in [6.07, 6.45) is 0. The van der Waals surface area contributed by atoms with Crippen LogP contribution in [-0.2, 0) is 0 Å². The summed E-state index contributed by atoms with van der Waals surface area (Å²) in [5, 5.41) is 6.45. The van der Waals surface area contributed by atoms with Crippen molar-refractivity contribution in [3.63, 3.8) is 0 Å². The Kier molecular flexibility index (Phi) is 14.7. The lowest BCUT2D eigenvalue weighted by Gasteiger charge is -2.14. The van der Waals surface area contributed by atoms with Gasteiger partial charge in [-0.05, 0) is 84.9 Å². The van der Waals surface area contributed by atoms with E-state index in [0.717, 1.165) is 0 Å². The van der Waals surface area contributed by atoms with Crippen LogP contribution >= 0.6 is 46.4 Å². The molecule has 18 heteroatoms. The summed E-state index contributed by atoms with van der Waals surface area (Å²) in [5.74, 6) is -3.07. The number of methoxy groups -OCH3 is 4. The summed E-state index contributed by atoms with van der Waals surface area (Å²) in [6.45, 7) is 0.